The second kappa shape index (κ2) is 7.09. The molecule has 3 N–H and O–H groups in total. The number of aryl methyl sites for hydroxylation is 1. The number of carbonyl (C=O) groups excluding carboxylic acids is 1. The van der Waals surface area contributed by atoms with Crippen LogP contribution in [0.1, 0.15) is 31.4 Å². The van der Waals surface area contributed by atoms with Crippen LogP contribution in [0.4, 0.5) is 5.69 Å². The Labute approximate surface area is 120 Å². The first-order valence-corrected chi connectivity index (χ1v) is 6.62. The number of nitrogens with two attached hydrogens (primary N) is 1. The fraction of sp³-hybridized carbons (Fsp3) is 0.438. The Hall–Kier alpha value is -1.83. The highest BCUT2D eigenvalue weighted by Gasteiger charge is 2.30. The summed E-state index contributed by atoms with van der Waals surface area (Å²) >= 11 is 0. The van der Waals surface area contributed by atoms with Crippen LogP contribution < -0.4 is 11.1 Å². The number of nitrogens with one attached hydrogen (secondary N) is 1. The van der Waals surface area contributed by atoms with Crippen LogP contribution in [0.5, 0.6) is 0 Å². The van der Waals surface area contributed by atoms with E-state index in [9.17, 15) is 4.79 Å². The number of hydrogen-bond acceptors (Lipinski definition) is 3. The van der Waals surface area contributed by atoms with Crippen molar-refractivity contribution < 1.29 is 9.53 Å². The van der Waals surface area contributed by atoms with Gasteiger partial charge in [-0.1, -0.05) is 18.8 Å². The molecule has 1 amide bonds. The smallest absolute Gasteiger partial charge is 0.256 e. The van der Waals surface area contributed by atoms with Crippen LogP contribution in [-0.2, 0) is 9.53 Å². The standard InChI is InChI=1S/C16H22N2O2/c1-5-16(3,20-4)15(19)18-14-10-12(2)9-13(11-14)7-6-8-17/h9-11H,5,8,17H2,1-4H3,(H,18,19). The summed E-state index contributed by atoms with van der Waals surface area (Å²) in [7, 11) is 1.54. The maximum Gasteiger partial charge on any atom is 0.256 e. The number of carbonyl (C=O) groups is 1. The molecular formula is C16H22N2O2. The van der Waals surface area contributed by atoms with Gasteiger partial charge >= 0.3 is 0 Å². The zero-order valence-electron chi connectivity index (χ0n) is 12.5. The molecule has 1 atom stereocenters. The number of anilines is 1. The van der Waals surface area contributed by atoms with E-state index in [-0.39, 0.29) is 5.91 Å². The van der Waals surface area contributed by atoms with Crippen LogP contribution in [0.15, 0.2) is 18.2 Å². The summed E-state index contributed by atoms with van der Waals surface area (Å²) in [5.74, 6) is 5.61. The van der Waals surface area contributed by atoms with E-state index < -0.39 is 5.60 Å². The molecule has 0 spiro atoms. The molecule has 0 aliphatic heterocycles. The summed E-state index contributed by atoms with van der Waals surface area (Å²) in [5.41, 5.74) is 7.12. The highest BCUT2D eigenvalue weighted by atomic mass is 16.5. The van der Waals surface area contributed by atoms with Gasteiger partial charge in [0.2, 0.25) is 0 Å². The molecule has 1 aromatic carbocycles. The quantitative estimate of drug-likeness (QED) is 0.826. The largest absolute Gasteiger partial charge is 0.369 e. The Kier molecular flexibility index (Phi) is 5.75. The van der Waals surface area contributed by atoms with Crippen molar-refractivity contribution in [2.45, 2.75) is 32.8 Å². The fourth-order valence-corrected chi connectivity index (χ4v) is 1.74. The van der Waals surface area contributed by atoms with E-state index in [0.717, 1.165) is 11.1 Å². The SMILES string of the molecule is CCC(C)(OC)C(=O)Nc1cc(C)cc(C#CCN)c1. The number of amides is 1. The lowest BCUT2D eigenvalue weighted by molar-refractivity contribution is -0.136. The van der Waals surface area contributed by atoms with E-state index in [4.69, 9.17) is 10.5 Å². The summed E-state index contributed by atoms with van der Waals surface area (Å²) in [6.45, 7) is 5.95. The monoisotopic (exact) mass is 274 g/mol. The third kappa shape index (κ3) is 4.09. The number of rotatable bonds is 4. The van der Waals surface area contributed by atoms with E-state index in [1.165, 1.54) is 7.11 Å². The predicted octanol–water partition coefficient (Wildman–Crippen LogP) is 2.06. The number of ether oxygens (including phenoxy) is 1. The van der Waals surface area contributed by atoms with Gasteiger partial charge in [0.1, 0.15) is 5.60 Å². The molecule has 0 fully saturated rings. The lowest BCUT2D eigenvalue weighted by atomic mass is 10.0. The molecule has 0 saturated carbocycles. The normalized spacial score (nSPS) is 13.1. The minimum atomic E-state index is -0.827. The average Bonchev–Trinajstić information content (AvgIpc) is 2.43. The van der Waals surface area contributed by atoms with Crippen LogP contribution in [0, 0.1) is 18.8 Å². The van der Waals surface area contributed by atoms with E-state index in [0.29, 0.717) is 18.7 Å². The highest BCUT2D eigenvalue weighted by Crippen LogP contribution is 2.19. The number of hydrogen-bond donors (Lipinski definition) is 2. The molecule has 1 unspecified atom stereocenters. The van der Waals surface area contributed by atoms with E-state index in [1.54, 1.807) is 6.92 Å². The van der Waals surface area contributed by atoms with Crippen LogP contribution in [0.2, 0.25) is 0 Å². The molecule has 20 heavy (non-hydrogen) atoms. The van der Waals surface area contributed by atoms with Gasteiger partial charge in [0, 0.05) is 18.4 Å². The Bertz CT molecular complexity index is 537. The predicted molar refractivity (Wildman–Crippen MR) is 81.4 cm³/mol. The minimum Gasteiger partial charge on any atom is -0.369 e. The van der Waals surface area contributed by atoms with Gasteiger partial charge in [0.05, 0.1) is 6.54 Å². The maximum absolute atomic E-state index is 12.2. The van der Waals surface area contributed by atoms with Gasteiger partial charge in [-0.05, 0) is 44.0 Å². The Balaban J connectivity index is 2.98. The summed E-state index contributed by atoms with van der Waals surface area (Å²) in [5, 5.41) is 2.88. The molecular weight excluding hydrogens is 252 g/mol. The van der Waals surface area contributed by atoms with Crippen LogP contribution in [0.3, 0.4) is 0 Å². The van der Waals surface area contributed by atoms with Crippen molar-refractivity contribution in [1.82, 2.24) is 0 Å². The van der Waals surface area contributed by atoms with Crippen molar-refractivity contribution in [3.05, 3.63) is 29.3 Å². The van der Waals surface area contributed by atoms with Crippen LogP contribution in [-0.4, -0.2) is 25.2 Å². The Morgan fingerprint density at radius 3 is 2.70 bits per heavy atom. The zero-order chi connectivity index (χ0) is 15.2. The van der Waals surface area contributed by atoms with E-state index in [2.05, 4.69) is 17.2 Å². The molecule has 0 radical (unpaired) electrons. The topological polar surface area (TPSA) is 64.3 Å². The van der Waals surface area contributed by atoms with Crippen molar-refractivity contribution in [1.29, 1.82) is 0 Å². The number of benzene rings is 1. The molecule has 0 heterocycles. The first-order chi connectivity index (χ1) is 9.45. The molecule has 4 heteroatoms. The van der Waals surface area contributed by atoms with Gasteiger partial charge in [-0.3, -0.25) is 4.79 Å². The second-order valence-electron chi connectivity index (χ2n) is 4.84. The van der Waals surface area contributed by atoms with Gasteiger partial charge in [-0.25, -0.2) is 0 Å². The molecule has 0 aliphatic carbocycles. The first-order valence-electron chi connectivity index (χ1n) is 6.62. The van der Waals surface area contributed by atoms with Crippen molar-refractivity contribution in [3.8, 4) is 11.8 Å². The lowest BCUT2D eigenvalue weighted by Gasteiger charge is -2.25. The molecule has 0 aromatic heterocycles. The van der Waals surface area contributed by atoms with Gasteiger partial charge in [0.25, 0.3) is 5.91 Å². The van der Waals surface area contributed by atoms with Crippen molar-refractivity contribution in [3.63, 3.8) is 0 Å². The first kappa shape index (κ1) is 16.2. The third-order valence-electron chi connectivity index (χ3n) is 3.28. The summed E-state index contributed by atoms with van der Waals surface area (Å²) in [4.78, 5) is 12.2. The van der Waals surface area contributed by atoms with Crippen molar-refractivity contribution in [2.24, 2.45) is 5.73 Å². The summed E-state index contributed by atoms with van der Waals surface area (Å²) < 4.78 is 5.29. The molecule has 1 aromatic rings. The third-order valence-corrected chi connectivity index (χ3v) is 3.28. The lowest BCUT2D eigenvalue weighted by Crippen LogP contribution is -2.41. The zero-order valence-corrected chi connectivity index (χ0v) is 12.5. The molecule has 1 rings (SSSR count). The molecule has 0 aliphatic rings. The molecule has 4 nitrogen and oxygen atoms in total. The summed E-state index contributed by atoms with van der Waals surface area (Å²) in [6, 6.07) is 5.68. The Morgan fingerprint density at radius 2 is 2.15 bits per heavy atom. The Morgan fingerprint density at radius 1 is 1.45 bits per heavy atom. The summed E-state index contributed by atoms with van der Waals surface area (Å²) in [6.07, 6.45) is 0.598. The van der Waals surface area contributed by atoms with Gasteiger partial charge < -0.3 is 15.8 Å². The second-order valence-corrected chi connectivity index (χ2v) is 4.84. The van der Waals surface area contributed by atoms with Crippen LogP contribution >= 0.6 is 0 Å². The van der Waals surface area contributed by atoms with E-state index in [1.807, 2.05) is 32.0 Å². The van der Waals surface area contributed by atoms with Gasteiger partial charge in [-0.2, -0.15) is 0 Å². The maximum atomic E-state index is 12.2. The van der Waals surface area contributed by atoms with Gasteiger partial charge in [-0.15, -0.1) is 0 Å². The van der Waals surface area contributed by atoms with Crippen LogP contribution in [0.25, 0.3) is 0 Å². The van der Waals surface area contributed by atoms with E-state index >= 15 is 0 Å². The highest BCUT2D eigenvalue weighted by molar-refractivity contribution is 5.97. The van der Waals surface area contributed by atoms with Crippen molar-refractivity contribution in [2.75, 3.05) is 19.0 Å². The fourth-order valence-electron chi connectivity index (χ4n) is 1.74. The number of methoxy groups -OCH3 is 1. The average molecular weight is 274 g/mol. The van der Waals surface area contributed by atoms with Gasteiger partial charge in [0.15, 0.2) is 0 Å². The molecule has 0 saturated heterocycles. The molecule has 0 bridgehead atoms. The van der Waals surface area contributed by atoms with Crippen molar-refractivity contribution >= 4 is 11.6 Å². The minimum absolute atomic E-state index is 0.161. The molecule has 108 valence electrons.